The van der Waals surface area contributed by atoms with E-state index in [4.69, 9.17) is 24.1 Å². The van der Waals surface area contributed by atoms with Gasteiger partial charge in [0.1, 0.15) is 6.10 Å². The molecular formula is C16H26O6. The third kappa shape index (κ3) is 10.7. The Bertz CT molecular complexity index is 346. The summed E-state index contributed by atoms with van der Waals surface area (Å²) in [5.41, 5.74) is 1.08. The van der Waals surface area contributed by atoms with Crippen molar-refractivity contribution in [1.29, 1.82) is 0 Å². The van der Waals surface area contributed by atoms with Crippen molar-refractivity contribution in [2.75, 3.05) is 52.9 Å². The molecule has 0 bridgehead atoms. The zero-order chi connectivity index (χ0) is 15.9. The highest BCUT2D eigenvalue weighted by Crippen LogP contribution is 2.01. The molecule has 2 N–H and O–H groups in total. The molecule has 22 heavy (non-hydrogen) atoms. The predicted octanol–water partition coefficient (Wildman–Crippen LogP) is 0.606. The Morgan fingerprint density at radius 2 is 1.36 bits per heavy atom. The average Bonchev–Trinajstić information content (AvgIpc) is 2.54. The topological polar surface area (TPSA) is 77.4 Å². The van der Waals surface area contributed by atoms with Gasteiger partial charge in [-0.3, -0.25) is 0 Å². The maximum atomic E-state index is 9.69. The summed E-state index contributed by atoms with van der Waals surface area (Å²) in [7, 11) is 0. The zero-order valence-corrected chi connectivity index (χ0v) is 12.9. The van der Waals surface area contributed by atoms with Crippen LogP contribution in [0, 0.1) is 0 Å². The van der Waals surface area contributed by atoms with Crippen LogP contribution in [0.1, 0.15) is 5.56 Å². The molecule has 0 aromatic heterocycles. The smallest absolute Gasteiger partial charge is 0.101 e. The van der Waals surface area contributed by atoms with E-state index in [0.717, 1.165) is 5.56 Å². The Morgan fingerprint density at radius 3 is 2.05 bits per heavy atom. The van der Waals surface area contributed by atoms with Gasteiger partial charge in [-0.1, -0.05) is 30.3 Å². The first kappa shape index (κ1) is 19.0. The summed E-state index contributed by atoms with van der Waals surface area (Å²) in [6, 6.07) is 9.81. The minimum atomic E-state index is -0.642. The second-order valence-corrected chi connectivity index (χ2v) is 4.68. The fraction of sp³-hybridized carbons (Fsp3) is 0.625. The maximum absolute atomic E-state index is 9.69. The first-order valence-corrected chi connectivity index (χ1v) is 7.46. The van der Waals surface area contributed by atoms with E-state index in [1.165, 1.54) is 0 Å². The quantitative estimate of drug-likeness (QED) is 0.490. The molecule has 0 heterocycles. The number of rotatable bonds is 14. The first-order valence-electron chi connectivity index (χ1n) is 7.46. The van der Waals surface area contributed by atoms with Crippen LogP contribution in [0.3, 0.4) is 0 Å². The standard InChI is InChI=1S/C16H26O6/c17-6-7-19-8-9-20-10-11-21-13-16(18)14-22-12-15-4-2-1-3-5-15/h1-5,16-18H,6-14H2/t16-/m0/s1. The molecule has 0 amide bonds. The van der Waals surface area contributed by atoms with Crippen LogP contribution >= 0.6 is 0 Å². The van der Waals surface area contributed by atoms with Crippen LogP contribution in [-0.4, -0.2) is 69.2 Å². The number of benzene rings is 1. The highest BCUT2D eigenvalue weighted by molar-refractivity contribution is 5.13. The Hall–Kier alpha value is -1.02. The van der Waals surface area contributed by atoms with Crippen molar-refractivity contribution >= 4 is 0 Å². The van der Waals surface area contributed by atoms with Gasteiger partial charge in [-0.05, 0) is 5.56 Å². The van der Waals surface area contributed by atoms with Gasteiger partial charge in [0.05, 0.1) is 59.5 Å². The van der Waals surface area contributed by atoms with Crippen molar-refractivity contribution in [3.05, 3.63) is 35.9 Å². The molecule has 0 aliphatic carbocycles. The van der Waals surface area contributed by atoms with Gasteiger partial charge in [0.2, 0.25) is 0 Å². The fourth-order valence-electron chi connectivity index (χ4n) is 1.66. The van der Waals surface area contributed by atoms with E-state index >= 15 is 0 Å². The average molecular weight is 314 g/mol. The summed E-state index contributed by atoms with van der Waals surface area (Å²) in [4.78, 5) is 0. The van der Waals surface area contributed by atoms with E-state index in [1.807, 2.05) is 30.3 Å². The molecule has 1 atom stereocenters. The Balaban J connectivity index is 1.86. The number of aliphatic hydroxyl groups excluding tert-OH is 2. The summed E-state index contributed by atoms with van der Waals surface area (Å²) in [6.45, 7) is 3.07. The molecule has 0 spiro atoms. The molecule has 0 aliphatic heterocycles. The highest BCUT2D eigenvalue weighted by atomic mass is 16.5. The van der Waals surface area contributed by atoms with Gasteiger partial charge < -0.3 is 29.2 Å². The zero-order valence-electron chi connectivity index (χ0n) is 12.9. The van der Waals surface area contributed by atoms with Gasteiger partial charge in [0.25, 0.3) is 0 Å². The second kappa shape index (κ2) is 13.6. The van der Waals surface area contributed by atoms with Crippen molar-refractivity contribution in [1.82, 2.24) is 0 Å². The molecule has 0 saturated heterocycles. The summed E-state index contributed by atoms with van der Waals surface area (Å²) in [6.07, 6.45) is -0.642. The van der Waals surface area contributed by atoms with Crippen molar-refractivity contribution in [2.45, 2.75) is 12.7 Å². The van der Waals surface area contributed by atoms with E-state index in [9.17, 15) is 5.11 Å². The minimum absolute atomic E-state index is 0.0212. The lowest BCUT2D eigenvalue weighted by atomic mass is 10.2. The van der Waals surface area contributed by atoms with E-state index in [0.29, 0.717) is 39.6 Å². The van der Waals surface area contributed by atoms with Crippen LogP contribution in [0.15, 0.2) is 30.3 Å². The van der Waals surface area contributed by atoms with Gasteiger partial charge in [-0.15, -0.1) is 0 Å². The molecule has 6 heteroatoms. The summed E-state index contributed by atoms with van der Waals surface area (Å²) < 4.78 is 21.0. The molecule has 0 fully saturated rings. The molecule has 0 saturated carbocycles. The van der Waals surface area contributed by atoms with Crippen molar-refractivity contribution in [3.8, 4) is 0 Å². The number of hydrogen-bond acceptors (Lipinski definition) is 6. The Labute approximate surface area is 131 Å². The molecule has 0 radical (unpaired) electrons. The minimum Gasteiger partial charge on any atom is -0.394 e. The summed E-state index contributed by atoms with van der Waals surface area (Å²) >= 11 is 0. The first-order chi connectivity index (χ1) is 10.8. The third-order valence-corrected chi connectivity index (χ3v) is 2.71. The van der Waals surface area contributed by atoms with Gasteiger partial charge in [-0.25, -0.2) is 0 Å². The van der Waals surface area contributed by atoms with Crippen LogP contribution in [0.5, 0.6) is 0 Å². The molecule has 6 nitrogen and oxygen atoms in total. The second-order valence-electron chi connectivity index (χ2n) is 4.68. The monoisotopic (exact) mass is 314 g/mol. The van der Waals surface area contributed by atoms with E-state index in [2.05, 4.69) is 0 Å². The van der Waals surface area contributed by atoms with Gasteiger partial charge in [0, 0.05) is 0 Å². The fourth-order valence-corrected chi connectivity index (χ4v) is 1.66. The van der Waals surface area contributed by atoms with Crippen LogP contribution in [0.4, 0.5) is 0 Å². The van der Waals surface area contributed by atoms with E-state index < -0.39 is 6.10 Å². The summed E-state index contributed by atoms with van der Waals surface area (Å²) in [5, 5.41) is 18.2. The molecule has 1 aromatic carbocycles. The van der Waals surface area contributed by atoms with Gasteiger partial charge in [0.15, 0.2) is 0 Å². The number of ether oxygens (including phenoxy) is 4. The molecular weight excluding hydrogens is 288 g/mol. The Kier molecular flexibility index (Phi) is 11.8. The van der Waals surface area contributed by atoms with Crippen LogP contribution in [-0.2, 0) is 25.6 Å². The molecule has 0 unspecified atom stereocenters. The van der Waals surface area contributed by atoms with Crippen molar-refractivity contribution in [3.63, 3.8) is 0 Å². The predicted molar refractivity (Wildman–Crippen MR) is 81.6 cm³/mol. The molecule has 0 aliphatic rings. The highest BCUT2D eigenvalue weighted by Gasteiger charge is 2.04. The van der Waals surface area contributed by atoms with Gasteiger partial charge in [-0.2, -0.15) is 0 Å². The number of aliphatic hydroxyl groups is 2. The Morgan fingerprint density at radius 1 is 0.773 bits per heavy atom. The van der Waals surface area contributed by atoms with Crippen LogP contribution in [0.2, 0.25) is 0 Å². The van der Waals surface area contributed by atoms with Crippen molar-refractivity contribution < 1.29 is 29.2 Å². The normalized spacial score (nSPS) is 12.5. The molecule has 126 valence electrons. The maximum Gasteiger partial charge on any atom is 0.101 e. The van der Waals surface area contributed by atoms with Gasteiger partial charge >= 0.3 is 0 Å². The van der Waals surface area contributed by atoms with E-state index in [1.54, 1.807) is 0 Å². The lowest BCUT2D eigenvalue weighted by Gasteiger charge is -2.12. The molecule has 1 aromatic rings. The molecule has 1 rings (SSSR count). The largest absolute Gasteiger partial charge is 0.394 e. The van der Waals surface area contributed by atoms with Crippen molar-refractivity contribution in [2.24, 2.45) is 0 Å². The third-order valence-electron chi connectivity index (χ3n) is 2.71. The SMILES string of the molecule is OCCOCCOCCOC[C@H](O)COCc1ccccc1. The lowest BCUT2D eigenvalue weighted by Crippen LogP contribution is -2.23. The lowest BCUT2D eigenvalue weighted by molar-refractivity contribution is -0.0401. The summed E-state index contributed by atoms with van der Waals surface area (Å²) in [5.74, 6) is 0. The van der Waals surface area contributed by atoms with Crippen LogP contribution in [0.25, 0.3) is 0 Å². The van der Waals surface area contributed by atoms with Crippen LogP contribution < -0.4 is 0 Å². The number of hydrogen-bond donors (Lipinski definition) is 2. The van der Waals surface area contributed by atoms with E-state index in [-0.39, 0.29) is 19.8 Å².